The second-order valence-corrected chi connectivity index (χ2v) is 6.24. The van der Waals surface area contributed by atoms with Gasteiger partial charge in [-0.25, -0.2) is 4.98 Å². The topological polar surface area (TPSA) is 50.8 Å². The molecule has 2 aromatic heterocycles. The number of aromatic nitrogens is 3. The van der Waals surface area contributed by atoms with Gasteiger partial charge in [0.1, 0.15) is 11.6 Å². The molecule has 0 aliphatic rings. The van der Waals surface area contributed by atoms with Crippen LogP contribution in [0.25, 0.3) is 33.7 Å². The third kappa shape index (κ3) is 2.85. The summed E-state index contributed by atoms with van der Waals surface area (Å²) in [5, 5.41) is 0.650. The first kappa shape index (κ1) is 15.7. The van der Waals surface area contributed by atoms with Crippen molar-refractivity contribution < 1.29 is 4.74 Å². The van der Waals surface area contributed by atoms with Crippen molar-refractivity contribution in [3.8, 4) is 28.4 Å². The molecule has 0 amide bonds. The summed E-state index contributed by atoms with van der Waals surface area (Å²) in [6, 6.07) is 15.6. The maximum Gasteiger partial charge on any atom is 0.138 e. The molecule has 4 aromatic rings. The fourth-order valence-electron chi connectivity index (χ4n) is 2.87. The average molecular weight is 350 g/mol. The maximum absolute atomic E-state index is 6.53. The molecule has 0 aliphatic heterocycles. The van der Waals surface area contributed by atoms with E-state index in [1.54, 1.807) is 13.3 Å². The molecule has 0 saturated carbocycles. The van der Waals surface area contributed by atoms with Crippen molar-refractivity contribution in [2.24, 2.45) is 0 Å². The van der Waals surface area contributed by atoms with Crippen molar-refractivity contribution in [1.82, 2.24) is 15.0 Å². The van der Waals surface area contributed by atoms with Gasteiger partial charge < -0.3 is 9.72 Å². The molecule has 0 fully saturated rings. The number of rotatable bonds is 3. The van der Waals surface area contributed by atoms with Gasteiger partial charge in [-0.3, -0.25) is 4.98 Å². The van der Waals surface area contributed by atoms with Crippen LogP contribution in [-0.2, 0) is 0 Å². The number of hydrogen-bond donors (Lipinski definition) is 1. The predicted molar refractivity (Wildman–Crippen MR) is 101 cm³/mol. The number of aromatic amines is 1. The molecule has 1 N–H and O–H groups in total. The van der Waals surface area contributed by atoms with E-state index in [0.29, 0.717) is 5.02 Å². The van der Waals surface area contributed by atoms with Crippen LogP contribution < -0.4 is 4.74 Å². The average Bonchev–Trinajstić information content (AvgIpc) is 3.05. The van der Waals surface area contributed by atoms with Crippen LogP contribution in [0.4, 0.5) is 0 Å². The molecule has 0 unspecified atom stereocenters. The Balaban J connectivity index is 1.77. The van der Waals surface area contributed by atoms with E-state index in [1.165, 1.54) is 0 Å². The number of aryl methyl sites for hydroxylation is 1. The van der Waals surface area contributed by atoms with E-state index in [4.69, 9.17) is 16.3 Å². The second-order valence-electron chi connectivity index (χ2n) is 5.83. The first-order valence-electron chi connectivity index (χ1n) is 7.91. The van der Waals surface area contributed by atoms with E-state index in [1.807, 2.05) is 55.5 Å². The van der Waals surface area contributed by atoms with E-state index in [0.717, 1.165) is 45.0 Å². The highest BCUT2D eigenvalue weighted by atomic mass is 35.5. The zero-order valence-corrected chi connectivity index (χ0v) is 14.6. The minimum absolute atomic E-state index is 0.650. The lowest BCUT2D eigenvalue weighted by atomic mass is 10.0. The van der Waals surface area contributed by atoms with Crippen LogP contribution in [0.3, 0.4) is 0 Å². The summed E-state index contributed by atoms with van der Waals surface area (Å²) in [6.45, 7) is 2.03. The standard InChI is InChI=1S/C20H16ClN3O/c1-12-4-3-9-22-19(12)15-7-5-13(10-16(15)21)20-23-17-8-6-14(25-2)11-18(17)24-20/h3-11H,1-2H3,(H,23,24). The summed E-state index contributed by atoms with van der Waals surface area (Å²) in [5.74, 6) is 1.57. The third-order valence-electron chi connectivity index (χ3n) is 4.20. The molecule has 4 rings (SSSR count). The number of H-pyrrole nitrogens is 1. The van der Waals surface area contributed by atoms with Gasteiger partial charge >= 0.3 is 0 Å². The molecule has 2 aromatic carbocycles. The highest BCUT2D eigenvalue weighted by molar-refractivity contribution is 6.33. The molecular weight excluding hydrogens is 334 g/mol. The Hall–Kier alpha value is -2.85. The Morgan fingerprint density at radius 2 is 1.96 bits per heavy atom. The number of fused-ring (bicyclic) bond motifs is 1. The van der Waals surface area contributed by atoms with Gasteiger partial charge in [0.05, 0.1) is 28.9 Å². The van der Waals surface area contributed by atoms with Crippen LogP contribution in [0.15, 0.2) is 54.7 Å². The van der Waals surface area contributed by atoms with E-state index >= 15 is 0 Å². The molecule has 5 heteroatoms. The number of nitrogens with one attached hydrogen (secondary N) is 1. The number of hydrogen-bond acceptors (Lipinski definition) is 3. The number of ether oxygens (including phenoxy) is 1. The van der Waals surface area contributed by atoms with Gasteiger partial charge in [0.25, 0.3) is 0 Å². The summed E-state index contributed by atoms with van der Waals surface area (Å²) >= 11 is 6.53. The van der Waals surface area contributed by atoms with Crippen LogP contribution in [-0.4, -0.2) is 22.1 Å². The molecule has 0 spiro atoms. The number of methoxy groups -OCH3 is 1. The Labute approximate surface area is 150 Å². The van der Waals surface area contributed by atoms with E-state index in [9.17, 15) is 0 Å². The highest BCUT2D eigenvalue weighted by Gasteiger charge is 2.11. The maximum atomic E-state index is 6.53. The SMILES string of the molecule is COc1ccc2nc(-c3ccc(-c4ncccc4C)c(Cl)c3)[nH]c2c1. The molecule has 0 bridgehead atoms. The second kappa shape index (κ2) is 6.22. The molecule has 0 aliphatic carbocycles. The van der Waals surface area contributed by atoms with Gasteiger partial charge in [-0.1, -0.05) is 29.8 Å². The Morgan fingerprint density at radius 1 is 1.08 bits per heavy atom. The lowest BCUT2D eigenvalue weighted by Crippen LogP contribution is -1.89. The van der Waals surface area contributed by atoms with E-state index in [2.05, 4.69) is 15.0 Å². The molecular formula is C20H16ClN3O. The molecule has 124 valence electrons. The van der Waals surface area contributed by atoms with Crippen LogP contribution >= 0.6 is 11.6 Å². The molecule has 2 heterocycles. The minimum atomic E-state index is 0.650. The van der Waals surface area contributed by atoms with Gasteiger partial charge in [-0.05, 0) is 36.8 Å². The molecule has 25 heavy (non-hydrogen) atoms. The molecule has 0 atom stereocenters. The first-order valence-corrected chi connectivity index (χ1v) is 8.29. The van der Waals surface area contributed by atoms with Crippen molar-refractivity contribution >= 4 is 22.6 Å². The summed E-state index contributed by atoms with van der Waals surface area (Å²) in [6.07, 6.45) is 1.78. The van der Waals surface area contributed by atoms with Crippen LogP contribution in [0, 0.1) is 6.92 Å². The lowest BCUT2D eigenvalue weighted by Gasteiger charge is -2.08. The van der Waals surface area contributed by atoms with E-state index < -0.39 is 0 Å². The Bertz CT molecular complexity index is 1070. The largest absolute Gasteiger partial charge is 0.497 e. The highest BCUT2D eigenvalue weighted by Crippen LogP contribution is 2.32. The van der Waals surface area contributed by atoms with Crippen molar-refractivity contribution in [3.05, 3.63) is 65.3 Å². The van der Waals surface area contributed by atoms with Crippen molar-refractivity contribution in [1.29, 1.82) is 0 Å². The van der Waals surface area contributed by atoms with Gasteiger partial charge in [0, 0.05) is 23.4 Å². The molecule has 0 radical (unpaired) electrons. The summed E-state index contributed by atoms with van der Waals surface area (Å²) in [7, 11) is 1.65. The van der Waals surface area contributed by atoms with Crippen molar-refractivity contribution in [2.75, 3.05) is 7.11 Å². The molecule has 4 nitrogen and oxygen atoms in total. The summed E-state index contributed by atoms with van der Waals surface area (Å²) in [4.78, 5) is 12.4. The van der Waals surface area contributed by atoms with Crippen LogP contribution in [0.2, 0.25) is 5.02 Å². The summed E-state index contributed by atoms with van der Waals surface area (Å²) in [5.41, 5.74) is 5.65. The number of nitrogens with zero attached hydrogens (tertiary/aromatic N) is 2. The summed E-state index contributed by atoms with van der Waals surface area (Å²) < 4.78 is 5.26. The fraction of sp³-hybridized carbons (Fsp3) is 0.100. The van der Waals surface area contributed by atoms with Gasteiger partial charge in [-0.15, -0.1) is 0 Å². The van der Waals surface area contributed by atoms with E-state index in [-0.39, 0.29) is 0 Å². The predicted octanol–water partition coefficient (Wildman–Crippen LogP) is 5.26. The lowest BCUT2D eigenvalue weighted by molar-refractivity contribution is 0.415. The normalized spacial score (nSPS) is 11.0. The number of pyridine rings is 1. The number of halogens is 1. The van der Waals surface area contributed by atoms with Crippen LogP contribution in [0.5, 0.6) is 5.75 Å². The minimum Gasteiger partial charge on any atom is -0.497 e. The van der Waals surface area contributed by atoms with Crippen molar-refractivity contribution in [3.63, 3.8) is 0 Å². The van der Waals surface area contributed by atoms with Gasteiger partial charge in [0.15, 0.2) is 0 Å². The smallest absolute Gasteiger partial charge is 0.138 e. The number of imidazole rings is 1. The Morgan fingerprint density at radius 3 is 2.72 bits per heavy atom. The van der Waals surface area contributed by atoms with Crippen molar-refractivity contribution in [2.45, 2.75) is 6.92 Å². The van der Waals surface area contributed by atoms with Crippen LogP contribution in [0.1, 0.15) is 5.56 Å². The zero-order chi connectivity index (χ0) is 17.4. The number of benzene rings is 2. The third-order valence-corrected chi connectivity index (χ3v) is 4.51. The van der Waals surface area contributed by atoms with Gasteiger partial charge in [-0.2, -0.15) is 0 Å². The quantitative estimate of drug-likeness (QED) is 0.548. The monoisotopic (exact) mass is 349 g/mol. The zero-order valence-electron chi connectivity index (χ0n) is 13.9. The molecule has 0 saturated heterocycles. The first-order chi connectivity index (χ1) is 12.2. The van der Waals surface area contributed by atoms with Gasteiger partial charge in [0.2, 0.25) is 0 Å². The Kier molecular flexibility index (Phi) is 3.90. The fourth-order valence-corrected chi connectivity index (χ4v) is 3.14.